The highest BCUT2D eigenvalue weighted by Crippen LogP contribution is 2.23. The number of nitrogens with zero attached hydrogens (tertiary/aromatic N) is 3. The van der Waals surface area contributed by atoms with Gasteiger partial charge in [-0.1, -0.05) is 19.1 Å². The molecule has 6 nitrogen and oxygen atoms in total. The molecule has 2 aromatic rings. The average Bonchev–Trinajstić information content (AvgIpc) is 3.22. The molecule has 0 saturated carbocycles. The van der Waals surface area contributed by atoms with Crippen LogP contribution in [0.4, 0.5) is 0 Å². The van der Waals surface area contributed by atoms with Crippen molar-refractivity contribution in [2.75, 3.05) is 13.1 Å². The summed E-state index contributed by atoms with van der Waals surface area (Å²) in [5.41, 5.74) is 2.90. The maximum absolute atomic E-state index is 12.8. The van der Waals surface area contributed by atoms with Crippen LogP contribution in [0.15, 0.2) is 30.5 Å². The number of hydrogen-bond acceptors (Lipinski definition) is 3. The second-order valence-electron chi connectivity index (χ2n) is 7.00. The highest BCUT2D eigenvalue weighted by atomic mass is 16.4. The fraction of sp³-hybridized carbons (Fsp3) is 0.450. The maximum Gasteiger partial charge on any atom is 0.335 e. The van der Waals surface area contributed by atoms with Crippen LogP contribution in [0.25, 0.3) is 0 Å². The zero-order valence-electron chi connectivity index (χ0n) is 15.3. The first kappa shape index (κ1) is 18.2. The van der Waals surface area contributed by atoms with Crippen molar-refractivity contribution in [3.63, 3.8) is 0 Å². The molecule has 1 aromatic carbocycles. The van der Waals surface area contributed by atoms with E-state index in [-0.39, 0.29) is 5.91 Å². The molecule has 6 heteroatoms. The molecule has 3 rings (SSSR count). The van der Waals surface area contributed by atoms with Crippen LogP contribution in [0, 0.1) is 12.8 Å². The molecule has 1 aromatic heterocycles. The van der Waals surface area contributed by atoms with E-state index < -0.39 is 5.97 Å². The Morgan fingerprint density at radius 3 is 2.65 bits per heavy atom. The summed E-state index contributed by atoms with van der Waals surface area (Å²) in [5, 5.41) is 13.4. The molecule has 1 atom stereocenters. The van der Waals surface area contributed by atoms with Crippen LogP contribution in [0.5, 0.6) is 0 Å². The molecule has 1 fully saturated rings. The molecule has 138 valence electrons. The van der Waals surface area contributed by atoms with Crippen molar-refractivity contribution in [1.29, 1.82) is 0 Å². The Hall–Kier alpha value is -2.63. The van der Waals surface area contributed by atoms with Crippen molar-refractivity contribution < 1.29 is 14.7 Å². The van der Waals surface area contributed by atoms with Crippen molar-refractivity contribution in [2.24, 2.45) is 5.92 Å². The van der Waals surface area contributed by atoms with E-state index in [1.807, 2.05) is 34.8 Å². The van der Waals surface area contributed by atoms with E-state index in [2.05, 4.69) is 12.0 Å². The highest BCUT2D eigenvalue weighted by molar-refractivity contribution is 5.95. The number of carboxylic acid groups (broad SMARTS) is 1. The molecular formula is C20H25N3O3. The lowest BCUT2D eigenvalue weighted by Crippen LogP contribution is -2.29. The molecule has 1 saturated heterocycles. The SMILES string of the molecule is CCCn1cc(C(=O)N2CCC(Cc3ccc(C(=O)O)cc3)C2)c(C)n1. The molecule has 2 heterocycles. The third-order valence-electron chi connectivity index (χ3n) is 4.93. The summed E-state index contributed by atoms with van der Waals surface area (Å²) in [7, 11) is 0. The fourth-order valence-electron chi connectivity index (χ4n) is 3.54. The van der Waals surface area contributed by atoms with Crippen LogP contribution < -0.4 is 0 Å². The van der Waals surface area contributed by atoms with Gasteiger partial charge in [-0.2, -0.15) is 5.10 Å². The quantitative estimate of drug-likeness (QED) is 0.864. The third-order valence-corrected chi connectivity index (χ3v) is 4.93. The van der Waals surface area contributed by atoms with Crippen LogP contribution >= 0.6 is 0 Å². The topological polar surface area (TPSA) is 75.4 Å². The Labute approximate surface area is 153 Å². The number of hydrogen-bond donors (Lipinski definition) is 1. The number of aromatic carboxylic acids is 1. The summed E-state index contributed by atoms with van der Waals surface area (Å²) in [6, 6.07) is 7.02. The molecular weight excluding hydrogens is 330 g/mol. The summed E-state index contributed by atoms with van der Waals surface area (Å²) in [5.74, 6) is -0.442. The minimum absolute atomic E-state index is 0.0635. The first-order valence-electron chi connectivity index (χ1n) is 9.13. The van der Waals surface area contributed by atoms with Gasteiger partial charge in [-0.3, -0.25) is 9.48 Å². The number of rotatable bonds is 6. The van der Waals surface area contributed by atoms with Gasteiger partial charge in [0.2, 0.25) is 0 Å². The van der Waals surface area contributed by atoms with Crippen molar-refractivity contribution >= 4 is 11.9 Å². The van der Waals surface area contributed by atoms with Crippen LogP contribution in [0.2, 0.25) is 0 Å². The normalized spacial score (nSPS) is 16.8. The van der Waals surface area contributed by atoms with E-state index in [9.17, 15) is 9.59 Å². The number of aryl methyl sites for hydroxylation is 2. The number of carbonyl (C=O) groups is 2. The van der Waals surface area contributed by atoms with Gasteiger partial charge >= 0.3 is 5.97 Å². The number of aromatic nitrogens is 2. The van der Waals surface area contributed by atoms with E-state index in [1.54, 1.807) is 12.1 Å². The van der Waals surface area contributed by atoms with Gasteiger partial charge in [0.25, 0.3) is 5.91 Å². The molecule has 1 aliphatic heterocycles. The van der Waals surface area contributed by atoms with Gasteiger partial charge in [0.05, 0.1) is 16.8 Å². The standard InChI is InChI=1S/C20H25N3O3/c1-3-9-23-13-18(14(2)21-23)19(24)22-10-8-16(12-22)11-15-4-6-17(7-5-15)20(25)26/h4-7,13,16H,3,8-12H2,1-2H3,(H,25,26). The molecule has 0 aliphatic carbocycles. The molecule has 1 N–H and O–H groups in total. The van der Waals surface area contributed by atoms with Crippen molar-refractivity contribution in [3.05, 3.63) is 52.8 Å². The molecule has 0 spiro atoms. The Morgan fingerprint density at radius 2 is 2.00 bits per heavy atom. The van der Waals surface area contributed by atoms with E-state index in [1.165, 1.54) is 0 Å². The summed E-state index contributed by atoms with van der Waals surface area (Å²) >= 11 is 0. The maximum atomic E-state index is 12.8. The fourth-order valence-corrected chi connectivity index (χ4v) is 3.54. The summed E-state index contributed by atoms with van der Waals surface area (Å²) in [4.78, 5) is 25.7. The minimum Gasteiger partial charge on any atom is -0.478 e. The van der Waals surface area contributed by atoms with Gasteiger partial charge in [-0.25, -0.2) is 4.79 Å². The lowest BCUT2D eigenvalue weighted by atomic mass is 9.98. The predicted molar refractivity (Wildman–Crippen MR) is 98.4 cm³/mol. The van der Waals surface area contributed by atoms with Crippen molar-refractivity contribution in [1.82, 2.24) is 14.7 Å². The first-order valence-corrected chi connectivity index (χ1v) is 9.13. The number of likely N-dealkylation sites (tertiary alicyclic amines) is 1. The molecule has 1 unspecified atom stereocenters. The largest absolute Gasteiger partial charge is 0.478 e. The Morgan fingerprint density at radius 1 is 1.27 bits per heavy atom. The number of carboxylic acids is 1. The molecule has 1 aliphatic rings. The Kier molecular flexibility index (Phi) is 5.40. The molecule has 1 amide bonds. The highest BCUT2D eigenvalue weighted by Gasteiger charge is 2.28. The zero-order valence-corrected chi connectivity index (χ0v) is 15.3. The molecule has 26 heavy (non-hydrogen) atoms. The van der Waals surface area contributed by atoms with Gasteiger partial charge in [0.15, 0.2) is 0 Å². The molecule has 0 radical (unpaired) electrons. The first-order chi connectivity index (χ1) is 12.5. The van der Waals surface area contributed by atoms with Gasteiger partial charge in [-0.05, 0) is 49.8 Å². The molecule has 0 bridgehead atoms. The van der Waals surface area contributed by atoms with E-state index in [0.29, 0.717) is 17.0 Å². The monoisotopic (exact) mass is 355 g/mol. The van der Waals surface area contributed by atoms with E-state index >= 15 is 0 Å². The lowest BCUT2D eigenvalue weighted by molar-refractivity contribution is 0.0696. The summed E-state index contributed by atoms with van der Waals surface area (Å²) in [6.07, 6.45) is 4.67. The number of benzene rings is 1. The van der Waals surface area contributed by atoms with Gasteiger partial charge in [0, 0.05) is 25.8 Å². The van der Waals surface area contributed by atoms with Crippen LogP contribution in [0.1, 0.15) is 51.7 Å². The van der Waals surface area contributed by atoms with Crippen molar-refractivity contribution in [3.8, 4) is 0 Å². The Bertz CT molecular complexity index is 795. The van der Waals surface area contributed by atoms with Gasteiger partial charge in [-0.15, -0.1) is 0 Å². The van der Waals surface area contributed by atoms with Crippen LogP contribution in [-0.2, 0) is 13.0 Å². The zero-order chi connectivity index (χ0) is 18.7. The summed E-state index contributed by atoms with van der Waals surface area (Å²) in [6.45, 7) is 6.29. The lowest BCUT2D eigenvalue weighted by Gasteiger charge is -2.16. The number of carbonyl (C=O) groups excluding carboxylic acids is 1. The van der Waals surface area contributed by atoms with Gasteiger partial charge in [0.1, 0.15) is 0 Å². The smallest absolute Gasteiger partial charge is 0.335 e. The second kappa shape index (κ2) is 7.72. The van der Waals surface area contributed by atoms with E-state index in [4.69, 9.17) is 5.11 Å². The van der Waals surface area contributed by atoms with Gasteiger partial charge < -0.3 is 10.0 Å². The van der Waals surface area contributed by atoms with E-state index in [0.717, 1.165) is 50.2 Å². The van der Waals surface area contributed by atoms with Crippen molar-refractivity contribution in [2.45, 2.75) is 39.7 Å². The summed E-state index contributed by atoms with van der Waals surface area (Å²) < 4.78 is 1.85. The van der Waals surface area contributed by atoms with Crippen LogP contribution in [0.3, 0.4) is 0 Å². The second-order valence-corrected chi connectivity index (χ2v) is 7.00. The third kappa shape index (κ3) is 3.95. The van der Waals surface area contributed by atoms with Crippen LogP contribution in [-0.4, -0.2) is 44.8 Å². The Balaban J connectivity index is 1.61. The minimum atomic E-state index is -0.909. The number of amides is 1. The predicted octanol–water partition coefficient (Wildman–Crippen LogP) is 3.00. The average molecular weight is 355 g/mol.